The molecule has 4 rings (SSSR count). The minimum absolute atomic E-state index is 0.347. The highest BCUT2D eigenvalue weighted by Gasteiger charge is 2.24. The van der Waals surface area contributed by atoms with E-state index in [4.69, 9.17) is 16.7 Å². The van der Waals surface area contributed by atoms with Crippen LogP contribution in [-0.4, -0.2) is 22.9 Å². The number of nitrogens with zero attached hydrogens (tertiary/aromatic N) is 3. The highest BCUT2D eigenvalue weighted by molar-refractivity contribution is 6.30. The Kier molecular flexibility index (Phi) is 3.90. The molecule has 3 nitrogen and oxygen atoms in total. The molecule has 2 aliphatic rings. The van der Waals surface area contributed by atoms with Gasteiger partial charge in [-0.1, -0.05) is 42.8 Å². The molecule has 1 saturated heterocycles. The molecule has 4 heteroatoms. The van der Waals surface area contributed by atoms with Crippen LogP contribution in [0.4, 0.5) is 5.82 Å². The third-order valence-corrected chi connectivity index (χ3v) is 5.59. The molecular formula is C19H22ClN3. The number of allylic oxidation sites excluding steroid dienone is 4. The van der Waals surface area contributed by atoms with Crippen LogP contribution in [0.25, 0.3) is 10.9 Å². The van der Waals surface area contributed by atoms with Crippen LogP contribution in [0.15, 0.2) is 47.5 Å². The molecule has 2 unspecified atom stereocenters. The van der Waals surface area contributed by atoms with E-state index in [9.17, 15) is 0 Å². The standard InChI is InChI=1S/C19H22ClN3/c1-14-15(7-6-9-17(14)20)13-23-18-10-3-2-8-16(18)19(21-23)22-11-4-5-12-22/h2-3,6-10,14-15H,4-5,11-13H2,1H3. The Labute approximate surface area is 142 Å². The quantitative estimate of drug-likeness (QED) is 0.822. The molecule has 23 heavy (non-hydrogen) atoms. The van der Waals surface area contributed by atoms with Gasteiger partial charge in [-0.15, -0.1) is 0 Å². The Bertz CT molecular complexity index is 768. The summed E-state index contributed by atoms with van der Waals surface area (Å²) in [5.74, 6) is 1.88. The lowest BCUT2D eigenvalue weighted by atomic mass is 9.90. The first kappa shape index (κ1) is 14.8. The van der Waals surface area contributed by atoms with Gasteiger partial charge in [-0.2, -0.15) is 5.10 Å². The smallest absolute Gasteiger partial charge is 0.158 e. The molecule has 2 atom stereocenters. The zero-order chi connectivity index (χ0) is 15.8. The predicted molar refractivity (Wildman–Crippen MR) is 96.9 cm³/mol. The fraction of sp³-hybridized carbons (Fsp3) is 0.421. The number of hydrogen-bond donors (Lipinski definition) is 0. The zero-order valence-corrected chi connectivity index (χ0v) is 14.2. The van der Waals surface area contributed by atoms with Crippen molar-refractivity contribution in [3.05, 3.63) is 47.5 Å². The summed E-state index contributed by atoms with van der Waals surface area (Å²) in [6.07, 6.45) is 8.86. The van der Waals surface area contributed by atoms with Gasteiger partial charge in [0, 0.05) is 36.0 Å². The summed E-state index contributed by atoms with van der Waals surface area (Å²) in [5, 5.41) is 7.18. The van der Waals surface area contributed by atoms with Gasteiger partial charge in [0.2, 0.25) is 0 Å². The Morgan fingerprint density at radius 3 is 2.83 bits per heavy atom. The van der Waals surface area contributed by atoms with Crippen molar-refractivity contribution in [1.29, 1.82) is 0 Å². The van der Waals surface area contributed by atoms with Crippen LogP contribution in [0, 0.1) is 11.8 Å². The molecule has 2 aromatic rings. The topological polar surface area (TPSA) is 21.1 Å². The van der Waals surface area contributed by atoms with Crippen molar-refractivity contribution < 1.29 is 0 Å². The monoisotopic (exact) mass is 327 g/mol. The second-order valence-electron chi connectivity index (χ2n) is 6.61. The largest absolute Gasteiger partial charge is 0.355 e. The first-order valence-electron chi connectivity index (χ1n) is 8.48. The summed E-state index contributed by atoms with van der Waals surface area (Å²) in [4.78, 5) is 2.42. The van der Waals surface area contributed by atoms with E-state index in [1.807, 2.05) is 6.08 Å². The van der Waals surface area contributed by atoms with E-state index in [2.05, 4.69) is 52.9 Å². The van der Waals surface area contributed by atoms with Gasteiger partial charge in [0.05, 0.1) is 5.52 Å². The molecule has 0 spiro atoms. The number of aromatic nitrogens is 2. The van der Waals surface area contributed by atoms with Crippen molar-refractivity contribution in [2.75, 3.05) is 18.0 Å². The number of para-hydroxylation sites is 1. The molecule has 1 aromatic heterocycles. The summed E-state index contributed by atoms with van der Waals surface area (Å²) < 4.78 is 2.17. The Morgan fingerprint density at radius 1 is 1.22 bits per heavy atom. The predicted octanol–water partition coefficient (Wildman–Crippen LogP) is 4.58. The molecule has 0 bridgehead atoms. The van der Waals surface area contributed by atoms with Crippen molar-refractivity contribution in [1.82, 2.24) is 9.78 Å². The molecule has 120 valence electrons. The molecule has 2 heterocycles. The number of rotatable bonds is 3. The van der Waals surface area contributed by atoms with E-state index in [0.29, 0.717) is 11.8 Å². The van der Waals surface area contributed by atoms with Crippen molar-refractivity contribution in [3.8, 4) is 0 Å². The molecule has 0 saturated carbocycles. The van der Waals surface area contributed by atoms with Crippen LogP contribution >= 0.6 is 11.6 Å². The maximum Gasteiger partial charge on any atom is 0.158 e. The van der Waals surface area contributed by atoms with Crippen LogP contribution in [0.2, 0.25) is 0 Å². The third kappa shape index (κ3) is 2.67. The number of anilines is 1. The normalized spacial score (nSPS) is 24.4. The number of fused-ring (bicyclic) bond motifs is 1. The fourth-order valence-electron chi connectivity index (χ4n) is 3.64. The summed E-state index contributed by atoms with van der Waals surface area (Å²) >= 11 is 6.33. The van der Waals surface area contributed by atoms with Gasteiger partial charge in [0.15, 0.2) is 5.82 Å². The van der Waals surface area contributed by atoms with E-state index >= 15 is 0 Å². The third-order valence-electron chi connectivity index (χ3n) is 5.12. The SMILES string of the molecule is CC1C(Cl)=CC=CC1Cn1nc(N2CCCC2)c2ccccc21. The molecule has 1 aliphatic heterocycles. The first-order valence-corrected chi connectivity index (χ1v) is 8.86. The molecule has 0 N–H and O–H groups in total. The highest BCUT2D eigenvalue weighted by atomic mass is 35.5. The van der Waals surface area contributed by atoms with Crippen LogP contribution in [0.1, 0.15) is 19.8 Å². The van der Waals surface area contributed by atoms with Gasteiger partial charge in [-0.25, -0.2) is 0 Å². The van der Waals surface area contributed by atoms with Crippen molar-refractivity contribution in [2.24, 2.45) is 11.8 Å². The van der Waals surface area contributed by atoms with E-state index in [1.54, 1.807) is 0 Å². The summed E-state index contributed by atoms with van der Waals surface area (Å²) in [5.41, 5.74) is 1.22. The highest BCUT2D eigenvalue weighted by Crippen LogP contribution is 2.33. The average molecular weight is 328 g/mol. The van der Waals surface area contributed by atoms with Gasteiger partial charge in [-0.05, 0) is 37.0 Å². The van der Waals surface area contributed by atoms with Crippen molar-refractivity contribution in [3.63, 3.8) is 0 Å². The van der Waals surface area contributed by atoms with Gasteiger partial charge in [-0.3, -0.25) is 4.68 Å². The molecule has 0 radical (unpaired) electrons. The first-order chi connectivity index (χ1) is 11.2. The van der Waals surface area contributed by atoms with Crippen LogP contribution in [-0.2, 0) is 6.54 Å². The van der Waals surface area contributed by atoms with Crippen LogP contribution in [0.3, 0.4) is 0 Å². The van der Waals surface area contributed by atoms with Crippen LogP contribution in [0.5, 0.6) is 0 Å². The summed E-state index contributed by atoms with van der Waals surface area (Å²) in [6, 6.07) is 8.58. The Hall–Kier alpha value is -1.74. The minimum atomic E-state index is 0.347. The van der Waals surface area contributed by atoms with Gasteiger partial charge < -0.3 is 4.90 Å². The number of benzene rings is 1. The van der Waals surface area contributed by atoms with Gasteiger partial charge in [0.25, 0.3) is 0 Å². The maximum atomic E-state index is 6.33. The molecule has 1 fully saturated rings. The average Bonchev–Trinajstić information content (AvgIpc) is 3.20. The van der Waals surface area contributed by atoms with Crippen LogP contribution < -0.4 is 4.90 Å². The zero-order valence-electron chi connectivity index (χ0n) is 13.5. The lowest BCUT2D eigenvalue weighted by Gasteiger charge is -2.23. The van der Waals surface area contributed by atoms with E-state index in [0.717, 1.165) is 30.5 Å². The molecule has 1 aliphatic carbocycles. The Morgan fingerprint density at radius 2 is 2.00 bits per heavy atom. The number of halogens is 1. The van der Waals surface area contributed by atoms with E-state index in [-0.39, 0.29) is 0 Å². The van der Waals surface area contributed by atoms with Crippen molar-refractivity contribution >= 4 is 28.3 Å². The lowest BCUT2D eigenvalue weighted by molar-refractivity contribution is 0.414. The van der Waals surface area contributed by atoms with Gasteiger partial charge >= 0.3 is 0 Å². The lowest BCUT2D eigenvalue weighted by Crippen LogP contribution is -2.21. The molecule has 0 amide bonds. The second-order valence-corrected chi connectivity index (χ2v) is 7.04. The van der Waals surface area contributed by atoms with Gasteiger partial charge in [0.1, 0.15) is 0 Å². The fourth-order valence-corrected chi connectivity index (χ4v) is 3.88. The number of hydrogen-bond acceptors (Lipinski definition) is 2. The summed E-state index contributed by atoms with van der Waals surface area (Å²) in [6.45, 7) is 5.31. The molecule has 1 aromatic carbocycles. The summed E-state index contributed by atoms with van der Waals surface area (Å²) in [7, 11) is 0. The molecular weight excluding hydrogens is 306 g/mol. The van der Waals surface area contributed by atoms with E-state index in [1.165, 1.54) is 23.7 Å². The van der Waals surface area contributed by atoms with Crippen molar-refractivity contribution in [2.45, 2.75) is 26.3 Å². The van der Waals surface area contributed by atoms with E-state index < -0.39 is 0 Å². The second kappa shape index (κ2) is 6.04. The minimum Gasteiger partial charge on any atom is -0.355 e. The Balaban J connectivity index is 1.70. The maximum absolute atomic E-state index is 6.33.